The topological polar surface area (TPSA) is 66.9 Å². The molecule has 5 nitrogen and oxygen atoms in total. The monoisotopic (exact) mass is 474 g/mol. The number of hydrogen-bond donors (Lipinski definition) is 2. The van der Waals surface area contributed by atoms with E-state index in [-0.39, 0.29) is 11.9 Å². The Bertz CT molecular complexity index is 1230. The van der Waals surface area contributed by atoms with Crippen molar-refractivity contribution >= 4 is 40.0 Å². The van der Waals surface area contributed by atoms with Crippen LogP contribution in [0.25, 0.3) is 0 Å². The van der Waals surface area contributed by atoms with Crippen LogP contribution in [0.2, 0.25) is 0 Å². The minimum Gasteiger partial charge on any atom is -0.343 e. The summed E-state index contributed by atoms with van der Waals surface area (Å²) in [4.78, 5) is 24.4. The molecular formula is C26H26N4OS2. The second kappa shape index (κ2) is 10.2. The number of nitrogens with one attached hydrogen (secondary N) is 2. The van der Waals surface area contributed by atoms with Crippen LogP contribution < -0.4 is 10.6 Å². The smallest absolute Gasteiger partial charge is 0.256 e. The molecule has 2 heterocycles. The van der Waals surface area contributed by atoms with Gasteiger partial charge in [-0.05, 0) is 69.0 Å². The van der Waals surface area contributed by atoms with Gasteiger partial charge in [0.2, 0.25) is 5.95 Å². The van der Waals surface area contributed by atoms with Gasteiger partial charge in [-0.15, -0.1) is 23.1 Å². The van der Waals surface area contributed by atoms with Crippen molar-refractivity contribution in [1.29, 1.82) is 0 Å². The van der Waals surface area contributed by atoms with E-state index >= 15 is 0 Å². The molecule has 0 aliphatic carbocycles. The number of aryl methyl sites for hydroxylation is 3. The minimum absolute atomic E-state index is 0.127. The fourth-order valence-corrected chi connectivity index (χ4v) is 5.02. The molecule has 0 spiro atoms. The summed E-state index contributed by atoms with van der Waals surface area (Å²) >= 11 is 3.27. The summed E-state index contributed by atoms with van der Waals surface area (Å²) in [6.45, 7) is 5.97. The largest absolute Gasteiger partial charge is 0.343 e. The van der Waals surface area contributed by atoms with Crippen LogP contribution in [-0.2, 0) is 0 Å². The van der Waals surface area contributed by atoms with Crippen LogP contribution in [0.4, 0.5) is 10.9 Å². The Labute approximate surface area is 202 Å². The Morgan fingerprint density at radius 2 is 1.61 bits per heavy atom. The molecule has 0 aliphatic rings. The maximum Gasteiger partial charge on any atom is 0.256 e. The van der Waals surface area contributed by atoms with Crippen LogP contribution in [-0.4, -0.2) is 22.1 Å². The molecule has 2 aromatic heterocycles. The Kier molecular flexibility index (Phi) is 7.11. The van der Waals surface area contributed by atoms with Gasteiger partial charge in [-0.3, -0.25) is 4.79 Å². The molecule has 4 rings (SSSR count). The van der Waals surface area contributed by atoms with Gasteiger partial charge in [-0.2, -0.15) is 0 Å². The van der Waals surface area contributed by atoms with Crippen molar-refractivity contribution in [3.8, 4) is 0 Å². The molecule has 1 atom stereocenters. The van der Waals surface area contributed by atoms with Gasteiger partial charge < -0.3 is 10.6 Å². The molecule has 0 aliphatic heterocycles. The average Bonchev–Trinajstić information content (AvgIpc) is 3.17. The van der Waals surface area contributed by atoms with Gasteiger partial charge >= 0.3 is 0 Å². The zero-order valence-corrected chi connectivity index (χ0v) is 20.7. The van der Waals surface area contributed by atoms with Crippen LogP contribution in [0, 0.1) is 20.8 Å². The SMILES string of the molecule is CSc1ccc([C@@H](Nc2nc(C)cc(C)n2)c2cc(C)sc2NC(=O)c2ccccc2)cc1. The quantitative estimate of drug-likeness (QED) is 0.294. The van der Waals surface area contributed by atoms with E-state index in [1.54, 1.807) is 23.1 Å². The van der Waals surface area contributed by atoms with Crippen molar-refractivity contribution in [2.75, 3.05) is 16.9 Å². The number of anilines is 2. The molecule has 2 N–H and O–H groups in total. The van der Waals surface area contributed by atoms with Crippen LogP contribution in [0.3, 0.4) is 0 Å². The molecule has 33 heavy (non-hydrogen) atoms. The lowest BCUT2D eigenvalue weighted by Gasteiger charge is -2.21. The highest BCUT2D eigenvalue weighted by atomic mass is 32.2. The molecule has 1 amide bonds. The summed E-state index contributed by atoms with van der Waals surface area (Å²) in [7, 11) is 0. The lowest BCUT2D eigenvalue weighted by atomic mass is 10.00. The number of rotatable bonds is 7. The van der Waals surface area contributed by atoms with Crippen LogP contribution in [0.15, 0.2) is 71.6 Å². The standard InChI is InChI=1S/C26H26N4OS2/c1-16-14-17(2)28-26(27-16)29-23(19-10-12-21(32-4)13-11-19)22-15-18(3)33-25(22)30-24(31)20-8-6-5-7-9-20/h5-15,23H,1-4H3,(H,30,31)(H,27,28,29)/t23-/m1/s1. The summed E-state index contributed by atoms with van der Waals surface area (Å²) < 4.78 is 0. The molecule has 0 saturated heterocycles. The molecule has 0 saturated carbocycles. The van der Waals surface area contributed by atoms with Crippen molar-refractivity contribution in [2.24, 2.45) is 0 Å². The van der Waals surface area contributed by atoms with Gasteiger partial charge in [-0.1, -0.05) is 30.3 Å². The van der Waals surface area contributed by atoms with Crippen molar-refractivity contribution in [2.45, 2.75) is 31.7 Å². The highest BCUT2D eigenvalue weighted by Gasteiger charge is 2.23. The van der Waals surface area contributed by atoms with Crippen molar-refractivity contribution in [3.63, 3.8) is 0 Å². The summed E-state index contributed by atoms with van der Waals surface area (Å²) in [5.41, 5.74) is 4.49. The molecule has 0 bridgehead atoms. The molecule has 0 fully saturated rings. The van der Waals surface area contributed by atoms with E-state index in [1.165, 1.54) is 4.90 Å². The minimum atomic E-state index is -0.224. The van der Waals surface area contributed by atoms with Crippen molar-refractivity contribution in [1.82, 2.24) is 9.97 Å². The number of carbonyl (C=O) groups is 1. The predicted octanol–water partition coefficient (Wildman–Crippen LogP) is 6.64. The Hall–Kier alpha value is -3.16. The Morgan fingerprint density at radius 1 is 0.939 bits per heavy atom. The first-order valence-corrected chi connectivity index (χ1v) is 12.7. The Balaban J connectivity index is 1.74. The number of hydrogen-bond acceptors (Lipinski definition) is 6. The lowest BCUT2D eigenvalue weighted by molar-refractivity contribution is 0.102. The van der Waals surface area contributed by atoms with Gasteiger partial charge in [0.25, 0.3) is 5.91 Å². The van der Waals surface area contributed by atoms with E-state index in [2.05, 4.69) is 57.2 Å². The third kappa shape index (κ3) is 5.61. The van der Waals surface area contributed by atoms with Crippen LogP contribution in [0.5, 0.6) is 0 Å². The summed E-state index contributed by atoms with van der Waals surface area (Å²) in [6, 6.07) is 21.6. The molecule has 168 valence electrons. The third-order valence-electron chi connectivity index (χ3n) is 5.16. The zero-order valence-electron chi connectivity index (χ0n) is 19.0. The molecule has 4 aromatic rings. The maximum atomic E-state index is 12.9. The van der Waals surface area contributed by atoms with Gasteiger partial charge in [0.05, 0.1) is 6.04 Å². The van der Waals surface area contributed by atoms with Crippen molar-refractivity contribution in [3.05, 3.63) is 99.7 Å². The number of thiophene rings is 1. The predicted molar refractivity (Wildman–Crippen MR) is 139 cm³/mol. The van der Waals surface area contributed by atoms with E-state index in [0.717, 1.165) is 32.4 Å². The third-order valence-corrected chi connectivity index (χ3v) is 6.89. The van der Waals surface area contributed by atoms with Crippen LogP contribution in [0.1, 0.15) is 43.8 Å². The van der Waals surface area contributed by atoms with Gasteiger partial charge in [0, 0.05) is 32.3 Å². The second-order valence-corrected chi connectivity index (χ2v) is 9.92. The number of aromatic nitrogens is 2. The molecule has 2 aromatic carbocycles. The number of benzene rings is 2. The zero-order chi connectivity index (χ0) is 23.4. The normalized spacial score (nSPS) is 11.8. The number of thioether (sulfide) groups is 1. The van der Waals surface area contributed by atoms with E-state index < -0.39 is 0 Å². The Morgan fingerprint density at radius 3 is 2.24 bits per heavy atom. The first-order valence-electron chi connectivity index (χ1n) is 10.6. The van der Waals surface area contributed by atoms with Crippen LogP contribution >= 0.6 is 23.1 Å². The van der Waals surface area contributed by atoms with Gasteiger partial charge in [0.1, 0.15) is 5.00 Å². The highest BCUT2D eigenvalue weighted by Crippen LogP contribution is 2.38. The average molecular weight is 475 g/mol. The number of carbonyl (C=O) groups excluding carboxylic acids is 1. The van der Waals surface area contributed by atoms with Gasteiger partial charge in [-0.25, -0.2) is 9.97 Å². The van der Waals surface area contributed by atoms with E-state index in [9.17, 15) is 4.79 Å². The maximum absolute atomic E-state index is 12.9. The summed E-state index contributed by atoms with van der Waals surface area (Å²) in [6.07, 6.45) is 2.06. The van der Waals surface area contributed by atoms with E-state index in [1.807, 2.05) is 57.2 Å². The summed E-state index contributed by atoms with van der Waals surface area (Å²) in [5.74, 6) is 0.438. The first-order chi connectivity index (χ1) is 15.9. The molecule has 0 radical (unpaired) electrons. The lowest BCUT2D eigenvalue weighted by Crippen LogP contribution is -2.18. The van der Waals surface area contributed by atoms with E-state index in [0.29, 0.717) is 11.5 Å². The number of nitrogens with zero attached hydrogens (tertiary/aromatic N) is 2. The first kappa shape index (κ1) is 23.0. The highest BCUT2D eigenvalue weighted by molar-refractivity contribution is 7.98. The fraction of sp³-hybridized carbons (Fsp3) is 0.192. The number of amides is 1. The second-order valence-electron chi connectivity index (χ2n) is 7.79. The molecular weight excluding hydrogens is 448 g/mol. The molecule has 0 unspecified atom stereocenters. The van der Waals surface area contributed by atoms with E-state index in [4.69, 9.17) is 0 Å². The molecule has 7 heteroatoms. The van der Waals surface area contributed by atoms with Crippen molar-refractivity contribution < 1.29 is 4.79 Å². The fourth-order valence-electron chi connectivity index (χ4n) is 3.67. The summed E-state index contributed by atoms with van der Waals surface area (Å²) in [5, 5.41) is 7.46. The van der Waals surface area contributed by atoms with Gasteiger partial charge in [0.15, 0.2) is 0 Å².